The number of hydrogen-bond donors (Lipinski definition) is 0. The lowest BCUT2D eigenvalue weighted by Gasteiger charge is -2.13. The molecule has 0 N–H and O–H groups in total. The average molecular weight is 755 g/mol. The van der Waals surface area contributed by atoms with Crippen molar-refractivity contribution in [2.45, 2.75) is 66.1 Å². The van der Waals surface area contributed by atoms with E-state index in [1.54, 1.807) is 30.3 Å². The summed E-state index contributed by atoms with van der Waals surface area (Å²) in [7, 11) is 0. The number of benzene rings is 3. The fourth-order valence-electron chi connectivity index (χ4n) is 5.83. The second-order valence-corrected chi connectivity index (χ2v) is 14.1. The third-order valence-corrected chi connectivity index (χ3v) is 9.07. The Morgan fingerprint density at radius 1 is 0.885 bits per heavy atom. The van der Waals surface area contributed by atoms with E-state index in [0.29, 0.717) is 56.9 Å². The van der Waals surface area contributed by atoms with Crippen LogP contribution in [-0.4, -0.2) is 45.8 Å². The number of carbonyl (C=O) groups excluding carboxylic acids is 1. The quantitative estimate of drug-likeness (QED) is 0.0874. The number of unbranched alkanes of at least 4 members (excludes halogenated alkanes) is 1. The molecule has 1 heterocycles. The van der Waals surface area contributed by atoms with Gasteiger partial charge < -0.3 is 33.2 Å². The second kappa shape index (κ2) is 21.1. The molecule has 0 spiro atoms. The van der Waals surface area contributed by atoms with E-state index in [4.69, 9.17) is 56.4 Å². The van der Waals surface area contributed by atoms with Crippen molar-refractivity contribution in [3.05, 3.63) is 94.0 Å². The molecule has 0 radical (unpaired) electrons. The van der Waals surface area contributed by atoms with E-state index in [1.165, 1.54) is 11.1 Å². The number of carbonyl (C=O) groups is 1. The third-order valence-electron chi connectivity index (χ3n) is 8.82. The van der Waals surface area contributed by atoms with Crippen molar-refractivity contribution >= 4 is 29.2 Å². The van der Waals surface area contributed by atoms with Crippen LogP contribution in [-0.2, 0) is 36.8 Å². The molecule has 5 rings (SSSR count). The Kier molecular flexibility index (Phi) is 16.6. The summed E-state index contributed by atoms with van der Waals surface area (Å²) >= 11 is 11.5. The van der Waals surface area contributed by atoms with Crippen LogP contribution in [0.25, 0.3) is 0 Å². The van der Waals surface area contributed by atoms with E-state index in [0.717, 1.165) is 43.8 Å². The first-order valence-electron chi connectivity index (χ1n) is 17.8. The van der Waals surface area contributed by atoms with Crippen molar-refractivity contribution in [3.8, 4) is 29.1 Å². The van der Waals surface area contributed by atoms with Gasteiger partial charge in [0.05, 0.1) is 39.0 Å². The smallest absolute Gasteiger partial charge is 0.311 e. The highest BCUT2D eigenvalue weighted by atomic mass is 35.5. The largest absolute Gasteiger partial charge is 0.457 e. The normalized spacial score (nSPS) is 16.9. The molecule has 3 aromatic carbocycles. The van der Waals surface area contributed by atoms with Gasteiger partial charge in [-0.05, 0) is 77.8 Å². The number of ether oxygens (including phenoxy) is 7. The van der Waals surface area contributed by atoms with Gasteiger partial charge in [-0.1, -0.05) is 94.1 Å². The summed E-state index contributed by atoms with van der Waals surface area (Å²) in [5.41, 5.74) is 2.67. The summed E-state index contributed by atoms with van der Waals surface area (Å²) < 4.78 is 39.0. The third kappa shape index (κ3) is 12.4. The molecular formula is C41H49Cl2NO8. The highest BCUT2D eigenvalue weighted by Crippen LogP contribution is 2.60. The van der Waals surface area contributed by atoms with Gasteiger partial charge in [-0.15, -0.1) is 0 Å². The molecule has 1 fully saturated rings. The van der Waals surface area contributed by atoms with Crippen molar-refractivity contribution < 1.29 is 38.0 Å². The van der Waals surface area contributed by atoms with Crippen LogP contribution in [0.2, 0.25) is 0 Å². The predicted molar refractivity (Wildman–Crippen MR) is 201 cm³/mol. The number of hydrogen-bond acceptors (Lipinski definition) is 9. The Morgan fingerprint density at radius 3 is 2.19 bits per heavy atom. The number of para-hydroxylation sites is 1. The topological polar surface area (TPSA) is 105 Å². The van der Waals surface area contributed by atoms with Crippen LogP contribution < -0.4 is 14.2 Å². The molecule has 0 aromatic heterocycles. The highest BCUT2D eigenvalue weighted by Gasteiger charge is 2.62. The fraction of sp³-hybridized carbons (Fsp3) is 0.463. The van der Waals surface area contributed by atoms with Gasteiger partial charge >= 0.3 is 5.97 Å². The summed E-state index contributed by atoms with van der Waals surface area (Å²) in [6.07, 6.45) is 4.99. The molecule has 3 unspecified atom stereocenters. The van der Waals surface area contributed by atoms with E-state index in [1.807, 2.05) is 56.3 Å². The number of halogens is 2. The van der Waals surface area contributed by atoms with E-state index >= 15 is 0 Å². The van der Waals surface area contributed by atoms with Crippen molar-refractivity contribution in [2.24, 2.45) is 17.3 Å². The van der Waals surface area contributed by atoms with E-state index in [2.05, 4.69) is 19.9 Å². The molecule has 3 aromatic rings. The Hall–Kier alpha value is -3.78. The summed E-state index contributed by atoms with van der Waals surface area (Å²) in [6, 6.07) is 22.4. The maximum atomic E-state index is 12.6. The summed E-state index contributed by atoms with van der Waals surface area (Å²) in [4.78, 5) is 12.6. The van der Waals surface area contributed by atoms with Gasteiger partial charge in [0.15, 0.2) is 11.5 Å². The highest BCUT2D eigenvalue weighted by molar-refractivity contribution is 6.55. The molecule has 280 valence electrons. The number of nitrogens with zero attached hydrogens (tertiary/aromatic N) is 1. The zero-order valence-electron chi connectivity index (χ0n) is 30.4. The SMILES string of the molecule is CC1(C)C(C=C(Cl)Cl)C1C(=O)OC(C#N)c1cccc(Oc2ccccc2)c1.CCCCOCCOCCOCc1cc2c(cc1CCC)OCO2. The Morgan fingerprint density at radius 2 is 1.54 bits per heavy atom. The van der Waals surface area contributed by atoms with E-state index in [9.17, 15) is 10.1 Å². The van der Waals surface area contributed by atoms with Gasteiger partial charge in [0.2, 0.25) is 12.9 Å². The Balaban J connectivity index is 0.000000236. The average Bonchev–Trinajstić information content (AvgIpc) is 3.40. The van der Waals surface area contributed by atoms with Crippen molar-refractivity contribution in [1.82, 2.24) is 0 Å². The Bertz CT molecular complexity index is 1640. The van der Waals surface area contributed by atoms with Gasteiger partial charge in [-0.25, -0.2) is 0 Å². The molecule has 0 bridgehead atoms. The summed E-state index contributed by atoms with van der Waals surface area (Å²) in [5.74, 6) is 1.94. The number of esters is 1. The summed E-state index contributed by atoms with van der Waals surface area (Å²) in [6.45, 7) is 12.3. The number of allylic oxidation sites excluding steroid dienone is 1. The van der Waals surface area contributed by atoms with Crippen LogP contribution in [0.15, 0.2) is 77.3 Å². The molecule has 1 aliphatic carbocycles. The minimum atomic E-state index is -1.03. The van der Waals surface area contributed by atoms with Crippen molar-refractivity contribution in [2.75, 3.05) is 39.8 Å². The molecule has 3 atom stereocenters. The first-order valence-corrected chi connectivity index (χ1v) is 18.5. The standard InChI is InChI=1S/C22H19Cl2NO3.C19H30O5/c1-22(2)17(12-19(23)24)20(22)21(26)28-18(13-25)14-7-6-10-16(11-14)27-15-8-4-3-5-9-15;1-3-5-7-20-8-9-21-10-11-22-14-17-13-19-18(23-15-24-19)12-16(17)6-4-2/h3-12,17-18,20H,1-2H3;12-13H,3-11,14-15H2,1-2H3. The molecule has 0 amide bonds. The van der Waals surface area contributed by atoms with Gasteiger partial charge in [-0.2, -0.15) is 5.26 Å². The molecule has 11 heteroatoms. The van der Waals surface area contributed by atoms with Gasteiger partial charge in [0, 0.05) is 12.2 Å². The molecule has 1 saturated carbocycles. The molecule has 9 nitrogen and oxygen atoms in total. The lowest BCUT2D eigenvalue weighted by molar-refractivity contribution is -0.149. The van der Waals surface area contributed by atoms with Crippen LogP contribution in [0, 0.1) is 28.6 Å². The molecule has 0 saturated heterocycles. The van der Waals surface area contributed by atoms with Gasteiger partial charge in [-0.3, -0.25) is 4.79 Å². The zero-order valence-corrected chi connectivity index (χ0v) is 31.9. The predicted octanol–water partition coefficient (Wildman–Crippen LogP) is 9.90. The van der Waals surface area contributed by atoms with E-state index < -0.39 is 12.1 Å². The van der Waals surface area contributed by atoms with Gasteiger partial charge in [0.25, 0.3) is 0 Å². The van der Waals surface area contributed by atoms with Gasteiger partial charge in [0.1, 0.15) is 22.1 Å². The number of fused-ring (bicyclic) bond motifs is 1. The minimum Gasteiger partial charge on any atom is -0.457 e. The lowest BCUT2D eigenvalue weighted by Crippen LogP contribution is -2.14. The maximum Gasteiger partial charge on any atom is 0.311 e. The van der Waals surface area contributed by atoms with Crippen LogP contribution in [0.5, 0.6) is 23.0 Å². The Labute approximate surface area is 317 Å². The molecular weight excluding hydrogens is 705 g/mol. The number of aryl methyl sites for hydroxylation is 1. The van der Waals surface area contributed by atoms with Crippen LogP contribution in [0.4, 0.5) is 0 Å². The lowest BCUT2D eigenvalue weighted by atomic mass is 10.0. The fourth-order valence-corrected chi connectivity index (χ4v) is 6.10. The van der Waals surface area contributed by atoms with E-state index in [-0.39, 0.29) is 21.7 Å². The van der Waals surface area contributed by atoms with Crippen LogP contribution in [0.3, 0.4) is 0 Å². The first-order chi connectivity index (χ1) is 25.2. The molecule has 2 aliphatic rings. The molecule has 1 aliphatic heterocycles. The molecule has 52 heavy (non-hydrogen) atoms. The van der Waals surface area contributed by atoms with Crippen molar-refractivity contribution in [1.29, 1.82) is 5.26 Å². The number of rotatable bonds is 19. The minimum absolute atomic E-state index is 0.114. The monoisotopic (exact) mass is 753 g/mol. The first kappa shape index (κ1) is 41.0. The second-order valence-electron chi connectivity index (χ2n) is 13.1. The number of nitriles is 1. The summed E-state index contributed by atoms with van der Waals surface area (Å²) in [5, 5.41) is 9.53. The van der Waals surface area contributed by atoms with Crippen LogP contribution in [0.1, 0.15) is 69.8 Å². The maximum absolute atomic E-state index is 12.6. The van der Waals surface area contributed by atoms with Crippen LogP contribution >= 0.6 is 23.2 Å². The van der Waals surface area contributed by atoms with Crippen molar-refractivity contribution in [3.63, 3.8) is 0 Å². The zero-order chi connectivity index (χ0) is 37.3.